The molecule has 3 nitrogen and oxygen atoms in total. The predicted molar refractivity (Wildman–Crippen MR) is 66.1 cm³/mol. The Morgan fingerprint density at radius 3 is 2.00 bits per heavy atom. The molecular formula is C11H8F3NO2S2. The minimum Gasteiger partial charge on any atom is -0.224 e. The third kappa shape index (κ3) is 3.14. The van der Waals surface area contributed by atoms with E-state index < -0.39 is 21.8 Å². The topological polar surface area (TPSA) is 60.2 Å². The molecule has 1 heterocycles. The fourth-order valence-corrected chi connectivity index (χ4v) is 3.19. The summed E-state index contributed by atoms with van der Waals surface area (Å²) in [7, 11) is -3.78. The Morgan fingerprint density at radius 1 is 1.00 bits per heavy atom. The third-order valence-electron chi connectivity index (χ3n) is 2.36. The Balaban J connectivity index is 2.36. The first-order valence-electron chi connectivity index (χ1n) is 4.98. The molecule has 8 heteroatoms. The second-order valence-electron chi connectivity index (χ2n) is 3.74. The summed E-state index contributed by atoms with van der Waals surface area (Å²) in [4.78, 5) is 0.540. The van der Waals surface area contributed by atoms with E-state index >= 15 is 0 Å². The minimum atomic E-state index is -4.39. The van der Waals surface area contributed by atoms with Crippen LogP contribution >= 0.6 is 11.3 Å². The third-order valence-corrected chi connectivity index (χ3v) is 4.93. The van der Waals surface area contributed by atoms with Gasteiger partial charge in [0, 0.05) is 4.88 Å². The molecule has 1 aromatic carbocycles. The molecule has 2 aromatic rings. The number of hydrogen-bond acceptors (Lipinski definition) is 3. The lowest BCUT2D eigenvalue weighted by molar-refractivity contribution is -0.137. The van der Waals surface area contributed by atoms with Gasteiger partial charge in [-0.15, -0.1) is 11.3 Å². The SMILES string of the molecule is NS(=O)(=O)c1ccc(-c2ccc(C(F)(F)F)cc2)s1. The van der Waals surface area contributed by atoms with Crippen LogP contribution in [0, 0.1) is 0 Å². The van der Waals surface area contributed by atoms with Crippen LogP contribution in [-0.2, 0) is 16.2 Å². The molecule has 2 N–H and O–H groups in total. The van der Waals surface area contributed by atoms with Gasteiger partial charge in [0.15, 0.2) is 0 Å². The Labute approximate surface area is 111 Å². The van der Waals surface area contributed by atoms with E-state index in [0.29, 0.717) is 10.4 Å². The number of hydrogen-bond donors (Lipinski definition) is 1. The van der Waals surface area contributed by atoms with E-state index in [1.165, 1.54) is 24.3 Å². The number of benzene rings is 1. The quantitative estimate of drug-likeness (QED) is 0.927. The number of halogens is 3. The molecule has 1 aromatic heterocycles. The smallest absolute Gasteiger partial charge is 0.224 e. The van der Waals surface area contributed by atoms with Crippen molar-refractivity contribution in [2.24, 2.45) is 5.14 Å². The zero-order chi connectivity index (χ0) is 14.3. The molecule has 0 atom stereocenters. The van der Waals surface area contributed by atoms with Gasteiger partial charge in [-0.2, -0.15) is 13.2 Å². The lowest BCUT2D eigenvalue weighted by Gasteiger charge is -2.06. The standard InChI is InChI=1S/C11H8F3NO2S2/c12-11(13,14)8-3-1-7(2-4-8)9-5-6-10(18-9)19(15,16)17/h1-6H,(H2,15,16,17). The first-order valence-corrected chi connectivity index (χ1v) is 7.34. The van der Waals surface area contributed by atoms with Crippen LogP contribution in [0.15, 0.2) is 40.6 Å². The average molecular weight is 307 g/mol. The number of sulfonamides is 1. The molecular weight excluding hydrogens is 299 g/mol. The van der Waals surface area contributed by atoms with Gasteiger partial charge in [-0.05, 0) is 29.8 Å². The van der Waals surface area contributed by atoms with Gasteiger partial charge in [0.1, 0.15) is 4.21 Å². The Hall–Kier alpha value is -1.38. The molecule has 0 radical (unpaired) electrons. The summed E-state index contributed by atoms with van der Waals surface area (Å²) in [6.45, 7) is 0. The normalized spacial score (nSPS) is 12.6. The van der Waals surface area contributed by atoms with Crippen molar-refractivity contribution in [2.75, 3.05) is 0 Å². The monoisotopic (exact) mass is 307 g/mol. The van der Waals surface area contributed by atoms with Crippen LogP contribution in [0.3, 0.4) is 0 Å². The van der Waals surface area contributed by atoms with Crippen molar-refractivity contribution < 1.29 is 21.6 Å². The molecule has 0 saturated heterocycles. The van der Waals surface area contributed by atoms with E-state index in [1.54, 1.807) is 0 Å². The minimum absolute atomic E-state index is 0.0256. The van der Waals surface area contributed by atoms with Crippen molar-refractivity contribution >= 4 is 21.4 Å². The van der Waals surface area contributed by atoms with E-state index in [0.717, 1.165) is 23.5 Å². The van der Waals surface area contributed by atoms with Crippen LogP contribution < -0.4 is 5.14 Å². The summed E-state index contributed by atoms with van der Waals surface area (Å²) in [5.41, 5.74) is -0.243. The van der Waals surface area contributed by atoms with Crippen LogP contribution in [0.5, 0.6) is 0 Å². The molecule has 0 aliphatic carbocycles. The Kier molecular flexibility index (Phi) is 3.41. The van der Waals surface area contributed by atoms with E-state index in [2.05, 4.69) is 0 Å². The van der Waals surface area contributed by atoms with E-state index in [-0.39, 0.29) is 4.21 Å². The molecule has 102 valence electrons. The summed E-state index contributed by atoms with van der Waals surface area (Å²) in [5, 5.41) is 4.96. The lowest BCUT2D eigenvalue weighted by atomic mass is 10.1. The van der Waals surface area contributed by atoms with Crippen molar-refractivity contribution in [3.05, 3.63) is 42.0 Å². The summed E-state index contributed by atoms with van der Waals surface area (Å²) in [6, 6.07) is 7.32. The van der Waals surface area contributed by atoms with Crippen molar-refractivity contribution in [1.29, 1.82) is 0 Å². The lowest BCUT2D eigenvalue weighted by Crippen LogP contribution is -2.09. The van der Waals surface area contributed by atoms with Gasteiger partial charge in [0.05, 0.1) is 5.56 Å². The summed E-state index contributed by atoms with van der Waals surface area (Å²) in [6.07, 6.45) is -4.39. The fraction of sp³-hybridized carbons (Fsp3) is 0.0909. The van der Waals surface area contributed by atoms with Crippen molar-refractivity contribution in [3.8, 4) is 10.4 Å². The maximum atomic E-state index is 12.4. The van der Waals surface area contributed by atoms with Crippen LogP contribution in [0.2, 0.25) is 0 Å². The fourth-order valence-electron chi connectivity index (χ4n) is 1.45. The second-order valence-corrected chi connectivity index (χ2v) is 6.61. The largest absolute Gasteiger partial charge is 0.416 e. The molecule has 0 bridgehead atoms. The first kappa shape index (κ1) is 14.0. The predicted octanol–water partition coefficient (Wildman–Crippen LogP) is 3.08. The Morgan fingerprint density at radius 2 is 1.58 bits per heavy atom. The molecule has 19 heavy (non-hydrogen) atoms. The molecule has 0 amide bonds. The first-order chi connectivity index (χ1) is 8.68. The number of alkyl halides is 3. The van der Waals surface area contributed by atoms with Gasteiger partial charge in [0.2, 0.25) is 10.0 Å². The zero-order valence-electron chi connectivity index (χ0n) is 9.31. The molecule has 2 rings (SSSR count). The van der Waals surface area contributed by atoms with Gasteiger partial charge in [0.25, 0.3) is 0 Å². The molecule has 0 fully saturated rings. The van der Waals surface area contributed by atoms with Gasteiger partial charge in [-0.3, -0.25) is 0 Å². The second kappa shape index (κ2) is 4.62. The molecule has 0 saturated carbocycles. The number of thiophene rings is 1. The molecule has 0 aliphatic rings. The summed E-state index contributed by atoms with van der Waals surface area (Å²) < 4.78 is 59.3. The number of nitrogens with two attached hydrogens (primary N) is 1. The molecule has 0 unspecified atom stereocenters. The Bertz CT molecular complexity index is 687. The molecule has 0 spiro atoms. The maximum Gasteiger partial charge on any atom is 0.416 e. The van der Waals surface area contributed by atoms with Crippen molar-refractivity contribution in [3.63, 3.8) is 0 Å². The highest BCUT2D eigenvalue weighted by molar-refractivity contribution is 7.91. The van der Waals surface area contributed by atoms with Crippen molar-refractivity contribution in [1.82, 2.24) is 0 Å². The highest BCUT2D eigenvalue weighted by Gasteiger charge is 2.30. The van der Waals surface area contributed by atoms with E-state index in [4.69, 9.17) is 5.14 Å². The van der Waals surface area contributed by atoms with E-state index in [9.17, 15) is 21.6 Å². The van der Waals surface area contributed by atoms with E-state index in [1.807, 2.05) is 0 Å². The van der Waals surface area contributed by atoms with Crippen LogP contribution in [0.1, 0.15) is 5.56 Å². The van der Waals surface area contributed by atoms with Crippen LogP contribution in [0.4, 0.5) is 13.2 Å². The van der Waals surface area contributed by atoms with Crippen LogP contribution in [0.25, 0.3) is 10.4 Å². The molecule has 0 aliphatic heterocycles. The van der Waals surface area contributed by atoms with Gasteiger partial charge < -0.3 is 0 Å². The number of rotatable bonds is 2. The van der Waals surface area contributed by atoms with Gasteiger partial charge in [-0.25, -0.2) is 13.6 Å². The highest BCUT2D eigenvalue weighted by Crippen LogP contribution is 2.33. The average Bonchev–Trinajstić information content (AvgIpc) is 2.77. The van der Waals surface area contributed by atoms with Crippen LogP contribution in [-0.4, -0.2) is 8.42 Å². The highest BCUT2D eigenvalue weighted by atomic mass is 32.2. The van der Waals surface area contributed by atoms with Crippen molar-refractivity contribution in [2.45, 2.75) is 10.4 Å². The summed E-state index contributed by atoms with van der Waals surface area (Å²) in [5.74, 6) is 0. The van der Waals surface area contributed by atoms with Gasteiger partial charge in [-0.1, -0.05) is 12.1 Å². The zero-order valence-corrected chi connectivity index (χ0v) is 10.9. The maximum absolute atomic E-state index is 12.4. The summed E-state index contributed by atoms with van der Waals surface area (Å²) >= 11 is 0.912. The number of primary sulfonamides is 1. The van der Waals surface area contributed by atoms with Gasteiger partial charge >= 0.3 is 6.18 Å².